The zero-order chi connectivity index (χ0) is 13.2. The molecule has 18 heavy (non-hydrogen) atoms. The van der Waals surface area contributed by atoms with Crippen LogP contribution in [0.1, 0.15) is 36.8 Å². The van der Waals surface area contributed by atoms with Crippen molar-refractivity contribution >= 4 is 28.2 Å². The number of nitrogens with zero attached hydrogens (tertiary/aromatic N) is 1. The summed E-state index contributed by atoms with van der Waals surface area (Å²) in [4.78, 5) is 16.5. The standard InChI is InChI=1S/C14H15NOS2/c1-14(2,3)11-9-17-13(15-11)18-12(16)10-7-5-4-6-8-10/h4-9H,1-3H3. The Morgan fingerprint density at radius 3 is 2.44 bits per heavy atom. The lowest BCUT2D eigenvalue weighted by Crippen LogP contribution is -2.11. The summed E-state index contributed by atoms with van der Waals surface area (Å²) >= 11 is 2.73. The largest absolute Gasteiger partial charge is 0.281 e. The van der Waals surface area contributed by atoms with Crippen LogP contribution >= 0.6 is 23.1 Å². The molecule has 4 heteroatoms. The van der Waals surface area contributed by atoms with Gasteiger partial charge in [0, 0.05) is 16.4 Å². The third-order valence-corrected chi connectivity index (χ3v) is 4.30. The molecule has 0 aliphatic carbocycles. The van der Waals surface area contributed by atoms with Crippen LogP contribution in [0.3, 0.4) is 0 Å². The molecule has 2 nitrogen and oxygen atoms in total. The number of hydrogen-bond acceptors (Lipinski definition) is 4. The van der Waals surface area contributed by atoms with Crippen molar-refractivity contribution in [2.24, 2.45) is 0 Å². The summed E-state index contributed by atoms with van der Waals surface area (Å²) in [6.07, 6.45) is 0. The molecule has 1 aromatic carbocycles. The lowest BCUT2D eigenvalue weighted by Gasteiger charge is -2.13. The molecule has 0 aliphatic rings. The number of rotatable bonds is 2. The van der Waals surface area contributed by atoms with Crippen LogP contribution in [0, 0.1) is 0 Å². The van der Waals surface area contributed by atoms with Gasteiger partial charge in [0.25, 0.3) is 0 Å². The number of carbonyl (C=O) groups excluding carboxylic acids is 1. The van der Waals surface area contributed by atoms with Gasteiger partial charge in [0.2, 0.25) is 5.12 Å². The second-order valence-electron chi connectivity index (χ2n) is 5.00. The SMILES string of the molecule is CC(C)(C)c1csc(SC(=O)c2ccccc2)n1. The van der Waals surface area contributed by atoms with E-state index in [-0.39, 0.29) is 10.5 Å². The predicted octanol–water partition coefficient (Wildman–Crippen LogP) is 4.37. The first-order valence-corrected chi connectivity index (χ1v) is 7.39. The molecule has 0 radical (unpaired) electrons. The van der Waals surface area contributed by atoms with E-state index in [9.17, 15) is 4.79 Å². The minimum atomic E-state index is 0.0328. The molecule has 2 aromatic rings. The summed E-state index contributed by atoms with van der Waals surface area (Å²) in [6.45, 7) is 6.36. The van der Waals surface area contributed by atoms with Crippen LogP contribution < -0.4 is 0 Å². The van der Waals surface area contributed by atoms with E-state index in [1.165, 1.54) is 23.1 Å². The van der Waals surface area contributed by atoms with Crippen LogP contribution in [0.2, 0.25) is 0 Å². The van der Waals surface area contributed by atoms with E-state index in [0.717, 1.165) is 15.6 Å². The van der Waals surface area contributed by atoms with Gasteiger partial charge in [-0.15, -0.1) is 11.3 Å². The quantitative estimate of drug-likeness (QED) is 0.763. The number of carbonyl (C=O) groups is 1. The summed E-state index contributed by atoms with van der Waals surface area (Å²) in [7, 11) is 0. The van der Waals surface area contributed by atoms with Crippen LogP contribution in [0.15, 0.2) is 40.1 Å². The monoisotopic (exact) mass is 277 g/mol. The average molecular weight is 277 g/mol. The van der Waals surface area contributed by atoms with Gasteiger partial charge in [-0.3, -0.25) is 4.79 Å². The Balaban J connectivity index is 2.11. The highest BCUT2D eigenvalue weighted by Crippen LogP contribution is 2.30. The summed E-state index contributed by atoms with van der Waals surface area (Å²) in [6, 6.07) is 9.30. The fourth-order valence-corrected chi connectivity index (χ4v) is 3.25. The molecule has 1 aromatic heterocycles. The summed E-state index contributed by atoms with van der Waals surface area (Å²) in [5, 5.41) is 2.08. The van der Waals surface area contributed by atoms with Crippen LogP contribution in [0.5, 0.6) is 0 Å². The van der Waals surface area contributed by atoms with Crippen molar-refractivity contribution in [3.63, 3.8) is 0 Å². The number of aromatic nitrogens is 1. The van der Waals surface area contributed by atoms with Crippen molar-refractivity contribution in [3.8, 4) is 0 Å². The molecule has 2 rings (SSSR count). The van der Waals surface area contributed by atoms with Crippen LogP contribution in [-0.2, 0) is 5.41 Å². The highest BCUT2D eigenvalue weighted by molar-refractivity contribution is 8.15. The molecular weight excluding hydrogens is 262 g/mol. The third-order valence-electron chi connectivity index (χ3n) is 2.44. The highest BCUT2D eigenvalue weighted by atomic mass is 32.2. The van der Waals surface area contributed by atoms with Gasteiger partial charge < -0.3 is 0 Å². The first-order chi connectivity index (χ1) is 8.47. The zero-order valence-corrected chi connectivity index (χ0v) is 12.3. The van der Waals surface area contributed by atoms with E-state index >= 15 is 0 Å². The fourth-order valence-electron chi connectivity index (χ4n) is 1.36. The van der Waals surface area contributed by atoms with E-state index in [1.54, 1.807) is 0 Å². The molecule has 0 bridgehead atoms. The normalized spacial score (nSPS) is 11.5. The molecule has 0 unspecified atom stereocenters. The van der Waals surface area contributed by atoms with Gasteiger partial charge in [-0.05, 0) is 11.8 Å². The maximum atomic E-state index is 12.0. The number of hydrogen-bond donors (Lipinski definition) is 0. The van der Waals surface area contributed by atoms with Crippen molar-refractivity contribution in [1.82, 2.24) is 4.98 Å². The third kappa shape index (κ3) is 3.21. The number of benzene rings is 1. The molecule has 0 saturated carbocycles. The van der Waals surface area contributed by atoms with E-state index in [4.69, 9.17) is 0 Å². The summed E-state index contributed by atoms with van der Waals surface area (Å²) < 4.78 is 0.814. The second kappa shape index (κ2) is 5.24. The van der Waals surface area contributed by atoms with E-state index in [2.05, 4.69) is 25.8 Å². The summed E-state index contributed by atoms with van der Waals surface area (Å²) in [5.41, 5.74) is 1.79. The highest BCUT2D eigenvalue weighted by Gasteiger charge is 2.19. The van der Waals surface area contributed by atoms with Crippen molar-refractivity contribution in [2.45, 2.75) is 30.5 Å². The Morgan fingerprint density at radius 2 is 1.89 bits per heavy atom. The van der Waals surface area contributed by atoms with E-state index < -0.39 is 0 Å². The lowest BCUT2D eigenvalue weighted by atomic mass is 9.93. The predicted molar refractivity (Wildman–Crippen MR) is 77.4 cm³/mol. The average Bonchev–Trinajstić information content (AvgIpc) is 2.78. The van der Waals surface area contributed by atoms with Crippen molar-refractivity contribution in [3.05, 3.63) is 47.0 Å². The topological polar surface area (TPSA) is 30.0 Å². The second-order valence-corrected chi connectivity index (χ2v) is 7.08. The molecule has 0 amide bonds. The number of thioether (sulfide) groups is 1. The molecule has 94 valence electrons. The Kier molecular flexibility index (Phi) is 3.88. The minimum absolute atomic E-state index is 0.0328. The molecule has 0 aliphatic heterocycles. The van der Waals surface area contributed by atoms with Gasteiger partial charge in [0.05, 0.1) is 5.69 Å². The lowest BCUT2D eigenvalue weighted by molar-refractivity contribution is 0.108. The molecule has 0 fully saturated rings. The van der Waals surface area contributed by atoms with Crippen LogP contribution in [-0.4, -0.2) is 10.1 Å². The van der Waals surface area contributed by atoms with Gasteiger partial charge in [-0.1, -0.05) is 51.1 Å². The molecular formula is C14H15NOS2. The maximum Gasteiger partial charge on any atom is 0.226 e. The number of thiazole rings is 1. The van der Waals surface area contributed by atoms with E-state index in [0.29, 0.717) is 0 Å². The zero-order valence-electron chi connectivity index (χ0n) is 10.6. The first kappa shape index (κ1) is 13.3. The minimum Gasteiger partial charge on any atom is -0.281 e. The Hall–Kier alpha value is -1.13. The molecule has 0 atom stereocenters. The molecule has 0 saturated heterocycles. The van der Waals surface area contributed by atoms with Crippen LogP contribution in [0.4, 0.5) is 0 Å². The Bertz CT molecular complexity index is 540. The molecule has 0 spiro atoms. The summed E-state index contributed by atoms with van der Waals surface area (Å²) in [5.74, 6) is 0. The van der Waals surface area contributed by atoms with Gasteiger partial charge in [-0.2, -0.15) is 0 Å². The van der Waals surface area contributed by atoms with Crippen molar-refractivity contribution in [1.29, 1.82) is 0 Å². The van der Waals surface area contributed by atoms with E-state index in [1.807, 2.05) is 35.7 Å². The maximum absolute atomic E-state index is 12.0. The molecule has 1 heterocycles. The Morgan fingerprint density at radius 1 is 1.22 bits per heavy atom. The van der Waals surface area contributed by atoms with Gasteiger partial charge in [0.1, 0.15) is 0 Å². The smallest absolute Gasteiger partial charge is 0.226 e. The van der Waals surface area contributed by atoms with Gasteiger partial charge in [0.15, 0.2) is 4.34 Å². The molecule has 0 N–H and O–H groups in total. The van der Waals surface area contributed by atoms with Gasteiger partial charge in [-0.25, -0.2) is 4.98 Å². The Labute approximate surface area is 115 Å². The van der Waals surface area contributed by atoms with Gasteiger partial charge >= 0.3 is 0 Å². The fraction of sp³-hybridized carbons (Fsp3) is 0.286. The first-order valence-electron chi connectivity index (χ1n) is 5.70. The van der Waals surface area contributed by atoms with Crippen LogP contribution in [0.25, 0.3) is 0 Å². The van der Waals surface area contributed by atoms with Crippen molar-refractivity contribution in [2.75, 3.05) is 0 Å². The van der Waals surface area contributed by atoms with Crippen molar-refractivity contribution < 1.29 is 4.79 Å².